The summed E-state index contributed by atoms with van der Waals surface area (Å²) in [6, 6.07) is 5.75. The molecule has 1 aromatic rings. The molecule has 2 rings (SSSR count). The molecular formula is C11H16Cl2N2. The molecular weight excluding hydrogens is 231 g/mol. The van der Waals surface area contributed by atoms with Crippen molar-refractivity contribution in [3.05, 3.63) is 28.8 Å². The highest BCUT2D eigenvalue weighted by molar-refractivity contribution is 6.31. The molecule has 4 heteroatoms. The average molecular weight is 247 g/mol. The van der Waals surface area contributed by atoms with E-state index in [2.05, 4.69) is 11.9 Å². The Hall–Kier alpha value is -0.440. The number of hydrogen-bond acceptors (Lipinski definition) is 2. The van der Waals surface area contributed by atoms with E-state index in [1.165, 1.54) is 12.0 Å². The smallest absolute Gasteiger partial charge is 0.0442 e. The van der Waals surface area contributed by atoms with E-state index in [-0.39, 0.29) is 12.4 Å². The number of nitrogens with two attached hydrogens (primary N) is 1. The molecule has 0 aliphatic carbocycles. The minimum absolute atomic E-state index is 0. The Morgan fingerprint density at radius 2 is 2.20 bits per heavy atom. The van der Waals surface area contributed by atoms with Gasteiger partial charge in [-0.25, -0.2) is 0 Å². The zero-order valence-corrected chi connectivity index (χ0v) is 10.3. The SMILES string of the molecule is CN1CC[C@H](c2cc(N)ccc2Cl)C1.Cl. The van der Waals surface area contributed by atoms with Crippen LogP contribution >= 0.6 is 24.0 Å². The molecule has 84 valence electrons. The topological polar surface area (TPSA) is 29.3 Å². The summed E-state index contributed by atoms with van der Waals surface area (Å²) in [7, 11) is 2.14. The fourth-order valence-corrected chi connectivity index (χ4v) is 2.34. The van der Waals surface area contributed by atoms with Gasteiger partial charge in [-0.05, 0) is 49.7 Å². The Morgan fingerprint density at radius 3 is 2.80 bits per heavy atom. The molecule has 1 heterocycles. The van der Waals surface area contributed by atoms with Crippen molar-refractivity contribution in [3.63, 3.8) is 0 Å². The average Bonchev–Trinajstić information content (AvgIpc) is 2.56. The minimum Gasteiger partial charge on any atom is -0.399 e. The highest BCUT2D eigenvalue weighted by Gasteiger charge is 2.22. The Balaban J connectivity index is 0.00000112. The van der Waals surface area contributed by atoms with Crippen molar-refractivity contribution in [1.82, 2.24) is 4.90 Å². The molecule has 0 amide bonds. The quantitative estimate of drug-likeness (QED) is 0.773. The van der Waals surface area contributed by atoms with Gasteiger partial charge in [-0.2, -0.15) is 0 Å². The van der Waals surface area contributed by atoms with Gasteiger partial charge < -0.3 is 10.6 Å². The van der Waals surface area contributed by atoms with Gasteiger partial charge in [-0.15, -0.1) is 12.4 Å². The number of halogens is 2. The zero-order chi connectivity index (χ0) is 10.1. The maximum absolute atomic E-state index is 6.15. The number of likely N-dealkylation sites (tertiary alicyclic amines) is 1. The Morgan fingerprint density at radius 1 is 1.47 bits per heavy atom. The molecule has 0 unspecified atom stereocenters. The van der Waals surface area contributed by atoms with E-state index in [4.69, 9.17) is 17.3 Å². The van der Waals surface area contributed by atoms with Crippen LogP contribution < -0.4 is 5.73 Å². The third kappa shape index (κ3) is 2.77. The van der Waals surface area contributed by atoms with Crippen molar-refractivity contribution in [3.8, 4) is 0 Å². The molecule has 1 aromatic carbocycles. The molecule has 0 bridgehead atoms. The van der Waals surface area contributed by atoms with E-state index in [0.717, 1.165) is 23.8 Å². The first-order valence-electron chi connectivity index (χ1n) is 4.90. The Labute approximate surface area is 102 Å². The Kier molecular flexibility index (Phi) is 4.26. The summed E-state index contributed by atoms with van der Waals surface area (Å²) < 4.78 is 0. The molecule has 2 nitrogen and oxygen atoms in total. The third-order valence-electron chi connectivity index (χ3n) is 2.85. The maximum atomic E-state index is 6.15. The van der Waals surface area contributed by atoms with Gasteiger partial charge in [0.1, 0.15) is 0 Å². The van der Waals surface area contributed by atoms with Crippen molar-refractivity contribution >= 4 is 29.7 Å². The van der Waals surface area contributed by atoms with Crippen molar-refractivity contribution in [2.24, 2.45) is 0 Å². The molecule has 1 saturated heterocycles. The maximum Gasteiger partial charge on any atom is 0.0442 e. The summed E-state index contributed by atoms with van der Waals surface area (Å²) in [6.45, 7) is 2.24. The van der Waals surface area contributed by atoms with Gasteiger partial charge in [0.2, 0.25) is 0 Å². The second-order valence-electron chi connectivity index (χ2n) is 4.03. The van der Waals surface area contributed by atoms with Crippen LogP contribution in [0.15, 0.2) is 18.2 Å². The fourth-order valence-electron chi connectivity index (χ4n) is 2.06. The van der Waals surface area contributed by atoms with E-state index in [1.54, 1.807) is 0 Å². The van der Waals surface area contributed by atoms with Gasteiger partial charge in [-0.1, -0.05) is 11.6 Å². The molecule has 1 aliphatic heterocycles. The summed E-state index contributed by atoms with van der Waals surface area (Å²) >= 11 is 6.15. The van der Waals surface area contributed by atoms with Gasteiger partial charge >= 0.3 is 0 Å². The van der Waals surface area contributed by atoms with Gasteiger partial charge in [0.15, 0.2) is 0 Å². The van der Waals surface area contributed by atoms with Gasteiger partial charge in [-0.3, -0.25) is 0 Å². The summed E-state index contributed by atoms with van der Waals surface area (Å²) in [5.74, 6) is 0.552. The van der Waals surface area contributed by atoms with Gasteiger partial charge in [0.25, 0.3) is 0 Å². The number of anilines is 1. The predicted octanol–water partition coefficient (Wildman–Crippen LogP) is 2.76. The minimum atomic E-state index is 0. The molecule has 1 fully saturated rings. The number of benzene rings is 1. The summed E-state index contributed by atoms with van der Waals surface area (Å²) in [5.41, 5.74) is 7.77. The molecule has 15 heavy (non-hydrogen) atoms. The van der Waals surface area contributed by atoms with E-state index in [0.29, 0.717) is 5.92 Å². The number of rotatable bonds is 1. The number of nitrogen functional groups attached to an aromatic ring is 1. The number of likely N-dealkylation sites (N-methyl/N-ethyl adjacent to an activating group) is 1. The van der Waals surface area contributed by atoms with Crippen molar-refractivity contribution in [1.29, 1.82) is 0 Å². The largest absolute Gasteiger partial charge is 0.399 e. The Bertz CT molecular complexity index is 341. The van der Waals surface area contributed by atoms with E-state index < -0.39 is 0 Å². The number of nitrogens with zero attached hydrogens (tertiary/aromatic N) is 1. The van der Waals surface area contributed by atoms with E-state index in [9.17, 15) is 0 Å². The van der Waals surface area contributed by atoms with Crippen LogP contribution in [0.3, 0.4) is 0 Å². The third-order valence-corrected chi connectivity index (χ3v) is 3.20. The van der Waals surface area contributed by atoms with Crippen LogP contribution in [0.4, 0.5) is 5.69 Å². The zero-order valence-electron chi connectivity index (χ0n) is 8.74. The normalized spacial score (nSPS) is 21.3. The summed E-state index contributed by atoms with van der Waals surface area (Å²) in [4.78, 5) is 2.32. The van der Waals surface area contributed by atoms with Gasteiger partial charge in [0.05, 0.1) is 0 Å². The molecule has 1 aliphatic rings. The molecule has 0 aromatic heterocycles. The molecule has 1 atom stereocenters. The second kappa shape index (κ2) is 5.06. The lowest BCUT2D eigenvalue weighted by Crippen LogP contribution is -2.13. The van der Waals surface area contributed by atoms with Crippen LogP contribution in [0.5, 0.6) is 0 Å². The highest BCUT2D eigenvalue weighted by atomic mass is 35.5. The van der Waals surface area contributed by atoms with E-state index in [1.807, 2.05) is 18.2 Å². The second-order valence-corrected chi connectivity index (χ2v) is 4.44. The highest BCUT2D eigenvalue weighted by Crippen LogP contribution is 2.32. The van der Waals surface area contributed by atoms with Crippen LogP contribution in [0.1, 0.15) is 17.9 Å². The summed E-state index contributed by atoms with van der Waals surface area (Å²) in [6.07, 6.45) is 1.18. The van der Waals surface area contributed by atoms with Crippen LogP contribution in [0.25, 0.3) is 0 Å². The molecule has 0 saturated carbocycles. The molecule has 0 spiro atoms. The lowest BCUT2D eigenvalue weighted by molar-refractivity contribution is 0.411. The lowest BCUT2D eigenvalue weighted by Gasteiger charge is -2.13. The number of hydrogen-bond donors (Lipinski definition) is 1. The first kappa shape index (κ1) is 12.6. The van der Waals surface area contributed by atoms with Crippen molar-refractivity contribution < 1.29 is 0 Å². The molecule has 2 N–H and O–H groups in total. The standard InChI is InChI=1S/C11H15ClN2.ClH/c1-14-5-4-8(7-14)10-6-9(13)2-3-11(10)12;/h2-3,6,8H,4-5,7,13H2,1H3;1H/t8-;/m0./s1. The van der Waals surface area contributed by atoms with Crippen LogP contribution in [-0.2, 0) is 0 Å². The van der Waals surface area contributed by atoms with E-state index >= 15 is 0 Å². The van der Waals surface area contributed by atoms with Gasteiger partial charge in [0, 0.05) is 17.3 Å². The fraction of sp³-hybridized carbons (Fsp3) is 0.455. The lowest BCUT2D eigenvalue weighted by atomic mass is 9.98. The molecule has 0 radical (unpaired) electrons. The first-order chi connectivity index (χ1) is 6.66. The first-order valence-corrected chi connectivity index (χ1v) is 5.28. The van der Waals surface area contributed by atoms with Crippen LogP contribution in [-0.4, -0.2) is 25.0 Å². The summed E-state index contributed by atoms with van der Waals surface area (Å²) in [5, 5.41) is 0.847. The van der Waals surface area contributed by atoms with Crippen LogP contribution in [0, 0.1) is 0 Å². The van der Waals surface area contributed by atoms with Crippen molar-refractivity contribution in [2.45, 2.75) is 12.3 Å². The predicted molar refractivity (Wildman–Crippen MR) is 68.0 cm³/mol. The monoisotopic (exact) mass is 246 g/mol. The van der Waals surface area contributed by atoms with Crippen LogP contribution in [0.2, 0.25) is 5.02 Å². The van der Waals surface area contributed by atoms with Crippen molar-refractivity contribution in [2.75, 3.05) is 25.9 Å².